The summed E-state index contributed by atoms with van der Waals surface area (Å²) < 4.78 is 37.3. The van der Waals surface area contributed by atoms with Gasteiger partial charge in [-0.05, 0) is 26.3 Å². The van der Waals surface area contributed by atoms with Gasteiger partial charge in [0.05, 0.1) is 13.1 Å². The molecule has 0 fully saturated rings. The third-order valence-corrected chi connectivity index (χ3v) is 3.01. The number of aliphatic hydroxyl groups excluding tert-OH is 1. The molecule has 3 N–H and O–H groups in total. The molecule has 0 aliphatic carbocycles. The third-order valence-electron chi connectivity index (χ3n) is 3.01. The van der Waals surface area contributed by atoms with E-state index in [9.17, 15) is 23.5 Å². The van der Waals surface area contributed by atoms with Crippen molar-refractivity contribution in [2.45, 2.75) is 45.0 Å². The van der Waals surface area contributed by atoms with Crippen LogP contribution in [0.1, 0.15) is 26.3 Å². The smallest absolute Gasteiger partial charge is 0.407 e. The lowest BCUT2D eigenvalue weighted by atomic mass is 10.2. The zero-order chi connectivity index (χ0) is 19.8. The Bertz CT molecular complexity index is 591. The molecule has 2 amide bonds. The molecule has 0 bridgehead atoms. The highest BCUT2D eigenvalue weighted by atomic mass is 19.3. The number of hydrogen-bond donors (Lipinski definition) is 3. The van der Waals surface area contributed by atoms with E-state index in [2.05, 4.69) is 0 Å². The summed E-state index contributed by atoms with van der Waals surface area (Å²) in [6.45, 7) is 2.86. The number of rotatable bonds is 7. The Labute approximate surface area is 150 Å². The molecule has 0 aliphatic rings. The van der Waals surface area contributed by atoms with Crippen molar-refractivity contribution in [2.75, 3.05) is 13.1 Å². The Hall–Kier alpha value is -2.42. The number of nitrogens with one attached hydrogen (secondary N) is 2. The van der Waals surface area contributed by atoms with Gasteiger partial charge in [-0.3, -0.25) is 0 Å². The number of carbonyl (C=O) groups is 2. The van der Waals surface area contributed by atoms with E-state index in [1.807, 2.05) is 10.6 Å². The van der Waals surface area contributed by atoms with Gasteiger partial charge in [0.15, 0.2) is 0 Å². The molecule has 1 aromatic carbocycles. The van der Waals surface area contributed by atoms with E-state index in [0.717, 1.165) is 5.56 Å². The molecule has 146 valence electrons. The summed E-state index contributed by atoms with van der Waals surface area (Å²) >= 11 is 0. The van der Waals surface area contributed by atoms with Gasteiger partial charge in [0, 0.05) is 0 Å². The Balaban J connectivity index is 2.34. The molecule has 9 heteroatoms. The molecule has 1 aromatic rings. The van der Waals surface area contributed by atoms with E-state index in [0.29, 0.717) is 0 Å². The summed E-state index contributed by atoms with van der Waals surface area (Å²) in [6.07, 6.45) is -4.18. The van der Waals surface area contributed by atoms with Gasteiger partial charge in [0.25, 0.3) is 5.92 Å². The predicted octanol–water partition coefficient (Wildman–Crippen LogP) is 2.43. The van der Waals surface area contributed by atoms with Crippen LogP contribution in [0.25, 0.3) is 0 Å². The molecular weight excluding hydrogens is 350 g/mol. The molecule has 0 aliphatic heterocycles. The SMILES string of the molecule is CC(C)(C)OC(=O)NCC(F)(F)C(O)CNC(=O)OCc1ccccc1. The zero-order valence-corrected chi connectivity index (χ0v) is 14.9. The molecule has 0 spiro atoms. The van der Waals surface area contributed by atoms with Crippen molar-refractivity contribution in [1.82, 2.24) is 10.6 Å². The number of alkyl carbamates (subject to hydrolysis) is 2. The van der Waals surface area contributed by atoms with E-state index >= 15 is 0 Å². The first kappa shape index (κ1) is 21.6. The lowest BCUT2D eigenvalue weighted by molar-refractivity contribution is -0.103. The number of hydrogen-bond acceptors (Lipinski definition) is 5. The average molecular weight is 374 g/mol. The van der Waals surface area contributed by atoms with Crippen LogP contribution in [0.15, 0.2) is 30.3 Å². The lowest BCUT2D eigenvalue weighted by Crippen LogP contribution is -2.50. The standard InChI is InChI=1S/C17H24F2N2O5/c1-16(2,3)26-15(24)21-11-17(18,19)13(22)9-20-14(23)25-10-12-7-5-4-6-8-12/h4-8,13,22H,9-11H2,1-3H3,(H,20,23)(H,21,24). The summed E-state index contributed by atoms with van der Waals surface area (Å²) in [6, 6.07) is 8.79. The maximum absolute atomic E-state index is 13.8. The molecule has 7 nitrogen and oxygen atoms in total. The van der Waals surface area contributed by atoms with Crippen LogP contribution in [0.4, 0.5) is 18.4 Å². The fourth-order valence-corrected chi connectivity index (χ4v) is 1.73. The fourth-order valence-electron chi connectivity index (χ4n) is 1.73. The molecular formula is C17H24F2N2O5. The monoisotopic (exact) mass is 374 g/mol. The molecule has 1 unspecified atom stereocenters. The highest BCUT2D eigenvalue weighted by Gasteiger charge is 2.39. The number of alkyl halides is 2. The van der Waals surface area contributed by atoms with Crippen LogP contribution in [0.3, 0.4) is 0 Å². The second kappa shape index (κ2) is 9.33. The molecule has 26 heavy (non-hydrogen) atoms. The van der Waals surface area contributed by atoms with Crippen molar-refractivity contribution < 1.29 is 33.0 Å². The van der Waals surface area contributed by atoms with Gasteiger partial charge in [-0.25, -0.2) is 18.4 Å². The number of amides is 2. The van der Waals surface area contributed by atoms with Crippen LogP contribution in [-0.4, -0.2) is 48.0 Å². The van der Waals surface area contributed by atoms with Gasteiger partial charge < -0.3 is 25.2 Å². The first-order chi connectivity index (χ1) is 12.0. The molecule has 0 saturated heterocycles. The minimum atomic E-state index is -3.66. The maximum atomic E-state index is 13.8. The van der Waals surface area contributed by atoms with E-state index < -0.39 is 42.9 Å². The second-order valence-electron chi connectivity index (χ2n) is 6.57. The van der Waals surface area contributed by atoms with Gasteiger partial charge in [-0.1, -0.05) is 30.3 Å². The van der Waals surface area contributed by atoms with E-state index in [4.69, 9.17) is 9.47 Å². The van der Waals surface area contributed by atoms with Crippen molar-refractivity contribution in [2.24, 2.45) is 0 Å². The normalized spacial score (nSPS) is 12.8. The Morgan fingerprint density at radius 3 is 2.31 bits per heavy atom. The van der Waals surface area contributed by atoms with E-state index in [1.54, 1.807) is 51.1 Å². The van der Waals surface area contributed by atoms with Crippen molar-refractivity contribution in [3.63, 3.8) is 0 Å². The average Bonchev–Trinajstić information content (AvgIpc) is 2.55. The van der Waals surface area contributed by atoms with Gasteiger partial charge in [0.2, 0.25) is 0 Å². The Morgan fingerprint density at radius 1 is 1.12 bits per heavy atom. The van der Waals surface area contributed by atoms with E-state index in [1.165, 1.54) is 0 Å². The largest absolute Gasteiger partial charge is 0.445 e. The summed E-state index contributed by atoms with van der Waals surface area (Å²) in [5, 5.41) is 13.5. The van der Waals surface area contributed by atoms with Crippen LogP contribution in [0.2, 0.25) is 0 Å². The fraction of sp³-hybridized carbons (Fsp3) is 0.529. The van der Waals surface area contributed by atoms with Crippen molar-refractivity contribution in [1.29, 1.82) is 0 Å². The summed E-state index contributed by atoms with van der Waals surface area (Å²) in [7, 11) is 0. The number of aliphatic hydroxyl groups is 1. The summed E-state index contributed by atoms with van der Waals surface area (Å²) in [5.41, 5.74) is -0.0997. The maximum Gasteiger partial charge on any atom is 0.407 e. The van der Waals surface area contributed by atoms with Crippen LogP contribution in [0, 0.1) is 0 Å². The first-order valence-electron chi connectivity index (χ1n) is 7.97. The number of carbonyl (C=O) groups excluding carboxylic acids is 2. The van der Waals surface area contributed by atoms with Gasteiger partial charge in [-0.15, -0.1) is 0 Å². The molecule has 0 aromatic heterocycles. The van der Waals surface area contributed by atoms with Crippen LogP contribution in [0.5, 0.6) is 0 Å². The van der Waals surface area contributed by atoms with Gasteiger partial charge >= 0.3 is 12.2 Å². The Morgan fingerprint density at radius 2 is 1.73 bits per heavy atom. The van der Waals surface area contributed by atoms with Crippen molar-refractivity contribution in [3.05, 3.63) is 35.9 Å². The number of ether oxygens (including phenoxy) is 2. The van der Waals surface area contributed by atoms with Crippen LogP contribution < -0.4 is 10.6 Å². The minimum Gasteiger partial charge on any atom is -0.445 e. The minimum absolute atomic E-state index is 0.0284. The van der Waals surface area contributed by atoms with Crippen molar-refractivity contribution >= 4 is 12.2 Å². The van der Waals surface area contributed by atoms with Crippen molar-refractivity contribution in [3.8, 4) is 0 Å². The van der Waals surface area contributed by atoms with Gasteiger partial charge in [0.1, 0.15) is 18.3 Å². The predicted molar refractivity (Wildman–Crippen MR) is 89.8 cm³/mol. The first-order valence-corrected chi connectivity index (χ1v) is 7.97. The molecule has 0 radical (unpaired) electrons. The van der Waals surface area contributed by atoms with Gasteiger partial charge in [-0.2, -0.15) is 0 Å². The second-order valence-corrected chi connectivity index (χ2v) is 6.57. The highest BCUT2D eigenvalue weighted by molar-refractivity contribution is 5.68. The summed E-state index contributed by atoms with van der Waals surface area (Å²) in [4.78, 5) is 22.9. The molecule has 1 atom stereocenters. The van der Waals surface area contributed by atoms with Crippen LogP contribution >= 0.6 is 0 Å². The lowest BCUT2D eigenvalue weighted by Gasteiger charge is -2.24. The zero-order valence-electron chi connectivity index (χ0n) is 14.9. The molecule has 0 saturated carbocycles. The van der Waals surface area contributed by atoms with Crippen LogP contribution in [-0.2, 0) is 16.1 Å². The molecule has 0 heterocycles. The highest BCUT2D eigenvalue weighted by Crippen LogP contribution is 2.17. The molecule has 1 rings (SSSR count). The number of benzene rings is 1. The quantitative estimate of drug-likeness (QED) is 0.681. The summed E-state index contributed by atoms with van der Waals surface area (Å²) in [5.74, 6) is -3.66. The van der Waals surface area contributed by atoms with E-state index in [-0.39, 0.29) is 6.61 Å². The Kier molecular flexibility index (Phi) is 7.76. The topological polar surface area (TPSA) is 96.9 Å². The third kappa shape index (κ3) is 8.61. The number of halogens is 2.